The number of benzene rings is 1. The van der Waals surface area contributed by atoms with E-state index in [0.717, 1.165) is 10.9 Å². The second-order valence-corrected chi connectivity index (χ2v) is 4.48. The fraction of sp³-hybridized carbons (Fsp3) is 0.250. The molecule has 0 atom stereocenters. The van der Waals surface area contributed by atoms with E-state index >= 15 is 0 Å². The maximum Gasteiger partial charge on any atom is 0.330 e. The summed E-state index contributed by atoms with van der Waals surface area (Å²) in [6, 6.07) is 3.44. The van der Waals surface area contributed by atoms with Gasteiger partial charge in [0, 0.05) is 30.0 Å². The Morgan fingerprint density at radius 2 is 2.10 bits per heavy atom. The van der Waals surface area contributed by atoms with Crippen molar-refractivity contribution in [3.05, 3.63) is 35.6 Å². The van der Waals surface area contributed by atoms with Crippen molar-refractivity contribution in [1.29, 1.82) is 0 Å². The molecule has 0 unspecified atom stereocenters. The van der Waals surface area contributed by atoms with E-state index < -0.39 is 11.9 Å². The highest BCUT2D eigenvalue weighted by Gasteiger charge is 2.11. The summed E-state index contributed by atoms with van der Waals surface area (Å²) in [5.41, 5.74) is 2.19. The Bertz CT molecular complexity index is 709. The second kappa shape index (κ2) is 6.26. The lowest BCUT2D eigenvalue weighted by molar-refractivity contribution is -0.137. The molecule has 5 nitrogen and oxygen atoms in total. The largest absolute Gasteiger partial charge is 0.464 e. The van der Waals surface area contributed by atoms with Gasteiger partial charge in [-0.1, -0.05) is 0 Å². The van der Waals surface area contributed by atoms with Crippen molar-refractivity contribution < 1.29 is 23.5 Å². The third-order valence-electron chi connectivity index (χ3n) is 2.84. The van der Waals surface area contributed by atoms with Gasteiger partial charge in [0.1, 0.15) is 11.3 Å². The van der Waals surface area contributed by atoms with Crippen molar-refractivity contribution in [1.82, 2.24) is 0 Å². The molecule has 0 saturated heterocycles. The van der Waals surface area contributed by atoms with Gasteiger partial charge in [0.25, 0.3) is 0 Å². The van der Waals surface area contributed by atoms with Gasteiger partial charge in [-0.15, -0.1) is 0 Å². The summed E-state index contributed by atoms with van der Waals surface area (Å²) < 4.78 is 15.4. The Hall–Kier alpha value is -2.56. The Morgan fingerprint density at radius 1 is 1.33 bits per heavy atom. The smallest absolute Gasteiger partial charge is 0.330 e. The van der Waals surface area contributed by atoms with Gasteiger partial charge in [-0.2, -0.15) is 0 Å². The van der Waals surface area contributed by atoms with Crippen molar-refractivity contribution in [2.75, 3.05) is 6.61 Å². The number of ether oxygens (including phenoxy) is 2. The number of carbonyl (C=O) groups is 2. The third kappa shape index (κ3) is 3.51. The molecule has 0 amide bonds. The highest BCUT2D eigenvalue weighted by molar-refractivity contribution is 5.91. The first-order valence-corrected chi connectivity index (χ1v) is 6.56. The van der Waals surface area contributed by atoms with Crippen LogP contribution < -0.4 is 4.74 Å². The van der Waals surface area contributed by atoms with E-state index in [2.05, 4.69) is 0 Å². The Labute approximate surface area is 122 Å². The molecule has 2 aromatic rings. The Morgan fingerprint density at radius 3 is 2.76 bits per heavy atom. The van der Waals surface area contributed by atoms with Gasteiger partial charge >= 0.3 is 11.9 Å². The molecule has 0 spiro atoms. The lowest BCUT2D eigenvalue weighted by atomic mass is 10.1. The van der Waals surface area contributed by atoms with Crippen LogP contribution in [-0.2, 0) is 14.3 Å². The van der Waals surface area contributed by atoms with E-state index in [-0.39, 0.29) is 0 Å². The van der Waals surface area contributed by atoms with Crippen molar-refractivity contribution in [3.63, 3.8) is 0 Å². The summed E-state index contributed by atoms with van der Waals surface area (Å²) in [6.07, 6.45) is 4.48. The quantitative estimate of drug-likeness (QED) is 0.491. The molecule has 0 aliphatic rings. The minimum absolute atomic E-state index is 0.305. The summed E-state index contributed by atoms with van der Waals surface area (Å²) >= 11 is 0. The molecule has 2 rings (SSSR count). The Kier molecular flexibility index (Phi) is 4.42. The van der Waals surface area contributed by atoms with Crippen LogP contribution in [0, 0.1) is 6.92 Å². The standard InChI is InChI=1S/C16H16O5/c1-4-19-16(18)6-5-12-7-13-10(2)9-20-15(13)8-14(12)21-11(3)17/h5-9H,4H2,1-3H3/b6-5+. The fourth-order valence-electron chi connectivity index (χ4n) is 1.92. The minimum atomic E-state index is -0.449. The predicted molar refractivity (Wildman–Crippen MR) is 77.9 cm³/mol. The molecule has 0 bridgehead atoms. The summed E-state index contributed by atoms with van der Waals surface area (Å²) in [6.45, 7) is 5.27. The van der Waals surface area contributed by atoms with E-state index in [1.807, 2.05) is 13.0 Å². The van der Waals surface area contributed by atoms with Crippen LogP contribution in [0.15, 0.2) is 28.9 Å². The van der Waals surface area contributed by atoms with E-state index in [1.54, 1.807) is 25.3 Å². The van der Waals surface area contributed by atoms with Crippen molar-refractivity contribution in [2.45, 2.75) is 20.8 Å². The first-order chi connectivity index (χ1) is 10.0. The highest BCUT2D eigenvalue weighted by atomic mass is 16.5. The van der Waals surface area contributed by atoms with Crippen LogP contribution in [-0.4, -0.2) is 18.5 Å². The molecule has 0 aliphatic heterocycles. The van der Waals surface area contributed by atoms with Crippen LogP contribution in [0.1, 0.15) is 25.0 Å². The molecule has 1 heterocycles. The molecule has 0 saturated carbocycles. The molecular weight excluding hydrogens is 272 g/mol. The fourth-order valence-corrected chi connectivity index (χ4v) is 1.92. The van der Waals surface area contributed by atoms with Gasteiger partial charge in [0.15, 0.2) is 0 Å². The van der Waals surface area contributed by atoms with Crippen LogP contribution in [0.3, 0.4) is 0 Å². The lowest BCUT2D eigenvalue weighted by Gasteiger charge is -2.06. The first-order valence-electron chi connectivity index (χ1n) is 6.56. The zero-order valence-electron chi connectivity index (χ0n) is 12.1. The first kappa shape index (κ1) is 14.8. The van der Waals surface area contributed by atoms with Crippen LogP contribution in [0.4, 0.5) is 0 Å². The van der Waals surface area contributed by atoms with Crippen LogP contribution >= 0.6 is 0 Å². The molecule has 0 N–H and O–H groups in total. The minimum Gasteiger partial charge on any atom is -0.464 e. The van der Waals surface area contributed by atoms with E-state index in [4.69, 9.17) is 13.9 Å². The lowest BCUT2D eigenvalue weighted by Crippen LogP contribution is -2.03. The van der Waals surface area contributed by atoms with Gasteiger partial charge in [-0.25, -0.2) is 4.79 Å². The van der Waals surface area contributed by atoms with Gasteiger partial charge in [-0.3, -0.25) is 4.79 Å². The van der Waals surface area contributed by atoms with Crippen molar-refractivity contribution in [2.24, 2.45) is 0 Å². The van der Waals surface area contributed by atoms with Gasteiger partial charge < -0.3 is 13.9 Å². The summed E-state index contributed by atoms with van der Waals surface area (Å²) in [7, 11) is 0. The number of hydrogen-bond donors (Lipinski definition) is 0. The molecule has 110 valence electrons. The average molecular weight is 288 g/mol. The number of carbonyl (C=O) groups excluding carboxylic acids is 2. The predicted octanol–water partition coefficient (Wildman–Crippen LogP) is 3.24. The molecule has 1 aromatic carbocycles. The molecule has 5 heteroatoms. The average Bonchev–Trinajstić information content (AvgIpc) is 2.77. The zero-order valence-corrected chi connectivity index (χ0v) is 12.1. The SMILES string of the molecule is CCOC(=O)/C=C/c1cc2c(C)coc2cc1OC(C)=O. The molecule has 0 radical (unpaired) electrons. The van der Waals surface area contributed by atoms with Crippen molar-refractivity contribution >= 4 is 29.0 Å². The number of aryl methyl sites for hydroxylation is 1. The maximum absolute atomic E-state index is 11.4. The summed E-state index contributed by atoms with van der Waals surface area (Å²) in [4.78, 5) is 22.6. The van der Waals surface area contributed by atoms with Gasteiger partial charge in [-0.05, 0) is 31.6 Å². The van der Waals surface area contributed by atoms with Gasteiger partial charge in [0.2, 0.25) is 0 Å². The monoisotopic (exact) mass is 288 g/mol. The van der Waals surface area contributed by atoms with Crippen molar-refractivity contribution in [3.8, 4) is 5.75 Å². The molecular formula is C16H16O5. The molecule has 0 fully saturated rings. The van der Waals surface area contributed by atoms with Gasteiger partial charge in [0.05, 0.1) is 12.9 Å². The third-order valence-corrected chi connectivity index (χ3v) is 2.84. The zero-order chi connectivity index (χ0) is 15.4. The van der Waals surface area contributed by atoms with Crippen LogP contribution in [0.5, 0.6) is 5.75 Å². The maximum atomic E-state index is 11.4. The molecule has 1 aromatic heterocycles. The molecule has 0 aliphatic carbocycles. The van der Waals surface area contributed by atoms with Crippen LogP contribution in [0.25, 0.3) is 17.0 Å². The number of esters is 2. The number of rotatable bonds is 4. The van der Waals surface area contributed by atoms with E-state index in [9.17, 15) is 9.59 Å². The highest BCUT2D eigenvalue weighted by Crippen LogP contribution is 2.30. The topological polar surface area (TPSA) is 65.7 Å². The number of hydrogen-bond acceptors (Lipinski definition) is 5. The van der Waals surface area contributed by atoms with E-state index in [1.165, 1.54) is 13.0 Å². The summed E-state index contributed by atoms with van der Waals surface area (Å²) in [5, 5.41) is 0.898. The number of fused-ring (bicyclic) bond motifs is 1. The molecule has 21 heavy (non-hydrogen) atoms. The Balaban J connectivity index is 2.44. The van der Waals surface area contributed by atoms with Crippen LogP contribution in [0.2, 0.25) is 0 Å². The van der Waals surface area contributed by atoms with E-state index in [0.29, 0.717) is 23.5 Å². The number of furan rings is 1. The second-order valence-electron chi connectivity index (χ2n) is 4.48. The summed E-state index contributed by atoms with van der Waals surface area (Å²) in [5.74, 6) is -0.552. The normalized spacial score (nSPS) is 11.0.